The zero-order chi connectivity index (χ0) is 14.4. The van der Waals surface area contributed by atoms with Crippen LogP contribution in [0.1, 0.15) is 21.7 Å². The van der Waals surface area contributed by atoms with Crippen molar-refractivity contribution >= 4 is 12.0 Å². The van der Waals surface area contributed by atoms with Crippen LogP contribution in [-0.4, -0.2) is 32.1 Å². The first-order chi connectivity index (χ1) is 9.65. The van der Waals surface area contributed by atoms with Gasteiger partial charge < -0.3 is 20.7 Å². The van der Waals surface area contributed by atoms with Crippen LogP contribution >= 0.6 is 0 Å². The first-order valence-electron chi connectivity index (χ1n) is 5.82. The van der Waals surface area contributed by atoms with Crippen molar-refractivity contribution in [3.8, 4) is 0 Å². The Morgan fingerprint density at radius 3 is 2.80 bits per heavy atom. The van der Waals surface area contributed by atoms with Crippen LogP contribution in [0.5, 0.6) is 0 Å². The summed E-state index contributed by atoms with van der Waals surface area (Å²) in [4.78, 5) is 33.0. The molecule has 0 radical (unpaired) electrons. The number of amides is 2. The zero-order valence-corrected chi connectivity index (χ0v) is 10.5. The average Bonchev–Trinajstić information content (AvgIpc) is 2.96. The van der Waals surface area contributed by atoms with Gasteiger partial charge in [-0.3, -0.25) is 4.98 Å². The van der Waals surface area contributed by atoms with Gasteiger partial charge in [0.1, 0.15) is 0 Å². The second-order valence-corrected chi connectivity index (χ2v) is 3.95. The molecule has 8 nitrogen and oxygen atoms in total. The maximum atomic E-state index is 11.5. The molecule has 4 N–H and O–H groups in total. The van der Waals surface area contributed by atoms with Crippen molar-refractivity contribution in [3.05, 3.63) is 47.8 Å². The van der Waals surface area contributed by atoms with E-state index in [0.29, 0.717) is 12.2 Å². The number of nitrogens with zero attached hydrogens (tertiary/aromatic N) is 2. The van der Waals surface area contributed by atoms with Gasteiger partial charge in [-0.1, -0.05) is 0 Å². The number of carbonyl (C=O) groups is 2. The van der Waals surface area contributed by atoms with Crippen LogP contribution in [0.3, 0.4) is 0 Å². The van der Waals surface area contributed by atoms with Crippen LogP contribution in [0, 0.1) is 0 Å². The summed E-state index contributed by atoms with van der Waals surface area (Å²) in [7, 11) is 0. The molecule has 0 unspecified atom stereocenters. The van der Waals surface area contributed by atoms with E-state index < -0.39 is 5.97 Å². The molecule has 20 heavy (non-hydrogen) atoms. The Morgan fingerprint density at radius 1 is 1.30 bits per heavy atom. The molecule has 2 heterocycles. The van der Waals surface area contributed by atoms with Gasteiger partial charge in [0.2, 0.25) is 0 Å². The summed E-state index contributed by atoms with van der Waals surface area (Å²) in [5, 5.41) is 14.1. The molecule has 0 atom stereocenters. The molecule has 0 saturated carbocycles. The second-order valence-electron chi connectivity index (χ2n) is 3.95. The Bertz CT molecular complexity index is 597. The van der Waals surface area contributed by atoms with E-state index in [-0.39, 0.29) is 18.1 Å². The number of carbonyl (C=O) groups excluding carboxylic acids is 1. The van der Waals surface area contributed by atoms with Crippen molar-refractivity contribution in [2.45, 2.75) is 13.1 Å². The third-order valence-electron chi connectivity index (χ3n) is 2.49. The molecule has 0 aliphatic carbocycles. The van der Waals surface area contributed by atoms with Crippen molar-refractivity contribution in [1.82, 2.24) is 25.6 Å². The molecule has 0 spiro atoms. The van der Waals surface area contributed by atoms with Crippen molar-refractivity contribution in [3.63, 3.8) is 0 Å². The summed E-state index contributed by atoms with van der Waals surface area (Å²) in [6, 6.07) is 2.43. The number of imidazole rings is 1. The van der Waals surface area contributed by atoms with Gasteiger partial charge in [-0.2, -0.15) is 0 Å². The molecule has 2 amide bonds. The number of hydrogen-bond donors (Lipinski definition) is 4. The van der Waals surface area contributed by atoms with Crippen LogP contribution in [0.4, 0.5) is 4.79 Å². The monoisotopic (exact) mass is 275 g/mol. The predicted octanol–water partition coefficient (Wildman–Crippen LogP) is 0.502. The number of carboxylic acids is 1. The molecule has 0 aliphatic heterocycles. The molecule has 0 bridgehead atoms. The fraction of sp³-hybridized carbons (Fsp3) is 0.167. The Labute approximate surface area is 114 Å². The first-order valence-corrected chi connectivity index (χ1v) is 5.82. The first kappa shape index (κ1) is 13.5. The van der Waals surface area contributed by atoms with Crippen molar-refractivity contribution < 1.29 is 14.7 Å². The van der Waals surface area contributed by atoms with Crippen molar-refractivity contribution in [1.29, 1.82) is 0 Å². The smallest absolute Gasteiger partial charge is 0.335 e. The fourth-order valence-corrected chi connectivity index (χ4v) is 1.50. The molecule has 2 aromatic rings. The summed E-state index contributed by atoms with van der Waals surface area (Å²) < 4.78 is 0. The second kappa shape index (κ2) is 6.32. The van der Waals surface area contributed by atoms with Crippen molar-refractivity contribution in [2.75, 3.05) is 0 Å². The molecular formula is C12H13N5O3. The van der Waals surface area contributed by atoms with E-state index >= 15 is 0 Å². The lowest BCUT2D eigenvalue weighted by Gasteiger charge is -2.06. The number of hydrogen-bond acceptors (Lipinski definition) is 4. The molecule has 104 valence electrons. The van der Waals surface area contributed by atoms with E-state index in [1.165, 1.54) is 24.7 Å². The number of rotatable bonds is 5. The van der Waals surface area contributed by atoms with Gasteiger partial charge in [0.05, 0.1) is 36.4 Å². The SMILES string of the molecule is O=C(NCc1cc(C(=O)O)ccn1)NCc1cnc[nH]1. The molecule has 8 heteroatoms. The normalized spacial score (nSPS) is 10.0. The highest BCUT2D eigenvalue weighted by Gasteiger charge is 2.06. The number of aromatic nitrogens is 3. The maximum absolute atomic E-state index is 11.5. The number of aromatic amines is 1. The third kappa shape index (κ3) is 3.80. The van der Waals surface area contributed by atoms with Gasteiger partial charge in [0.15, 0.2) is 0 Å². The Hall–Kier alpha value is -2.90. The van der Waals surface area contributed by atoms with E-state index in [1.807, 2.05) is 0 Å². The standard InChI is InChI=1S/C12H13N5O3/c18-11(19)8-1-2-14-9(3-8)5-15-12(20)16-6-10-4-13-7-17-10/h1-4,7H,5-6H2,(H,13,17)(H,18,19)(H2,15,16,20). The van der Waals surface area contributed by atoms with Gasteiger partial charge in [-0.15, -0.1) is 0 Å². The molecule has 0 fully saturated rings. The number of H-pyrrole nitrogens is 1. The van der Waals surface area contributed by atoms with Gasteiger partial charge in [0, 0.05) is 12.4 Å². The number of aromatic carboxylic acids is 1. The van der Waals surface area contributed by atoms with E-state index in [2.05, 4.69) is 25.6 Å². The minimum atomic E-state index is -1.03. The third-order valence-corrected chi connectivity index (χ3v) is 2.49. The number of pyridine rings is 1. The Balaban J connectivity index is 1.81. The highest BCUT2D eigenvalue weighted by Crippen LogP contribution is 2.01. The Kier molecular flexibility index (Phi) is 4.28. The summed E-state index contributed by atoms with van der Waals surface area (Å²) in [6.45, 7) is 0.477. The topological polar surface area (TPSA) is 120 Å². The maximum Gasteiger partial charge on any atom is 0.335 e. The van der Waals surface area contributed by atoms with Gasteiger partial charge in [-0.25, -0.2) is 14.6 Å². The van der Waals surface area contributed by atoms with E-state index in [1.54, 1.807) is 6.20 Å². The zero-order valence-electron chi connectivity index (χ0n) is 10.5. The quantitative estimate of drug-likeness (QED) is 0.633. The van der Waals surface area contributed by atoms with E-state index in [0.717, 1.165) is 5.69 Å². The largest absolute Gasteiger partial charge is 0.478 e. The molecule has 0 saturated heterocycles. The lowest BCUT2D eigenvalue weighted by atomic mass is 10.2. The molecule has 2 rings (SSSR count). The van der Waals surface area contributed by atoms with E-state index in [4.69, 9.17) is 5.11 Å². The molecule has 0 aliphatic rings. The Morgan fingerprint density at radius 2 is 2.10 bits per heavy atom. The number of carboxylic acid groups (broad SMARTS) is 1. The van der Waals surface area contributed by atoms with Gasteiger partial charge in [-0.05, 0) is 12.1 Å². The average molecular weight is 275 g/mol. The summed E-state index contributed by atoms with van der Waals surface area (Å²) in [5.74, 6) is -1.03. The van der Waals surface area contributed by atoms with Crippen LogP contribution in [0.2, 0.25) is 0 Å². The summed E-state index contributed by atoms with van der Waals surface area (Å²) in [5.41, 5.74) is 1.39. The summed E-state index contributed by atoms with van der Waals surface area (Å²) in [6.07, 6.45) is 4.53. The lowest BCUT2D eigenvalue weighted by molar-refractivity contribution is 0.0696. The molecule has 2 aromatic heterocycles. The van der Waals surface area contributed by atoms with Crippen LogP contribution in [-0.2, 0) is 13.1 Å². The molecule has 0 aromatic carbocycles. The van der Waals surface area contributed by atoms with Gasteiger partial charge in [0.25, 0.3) is 0 Å². The summed E-state index contributed by atoms with van der Waals surface area (Å²) >= 11 is 0. The lowest BCUT2D eigenvalue weighted by Crippen LogP contribution is -2.34. The predicted molar refractivity (Wildman–Crippen MR) is 68.9 cm³/mol. The molecular weight excluding hydrogens is 262 g/mol. The minimum absolute atomic E-state index is 0.134. The van der Waals surface area contributed by atoms with Crippen LogP contribution < -0.4 is 10.6 Å². The van der Waals surface area contributed by atoms with E-state index in [9.17, 15) is 9.59 Å². The number of nitrogens with one attached hydrogen (secondary N) is 3. The van der Waals surface area contributed by atoms with Crippen molar-refractivity contribution in [2.24, 2.45) is 0 Å². The number of urea groups is 1. The minimum Gasteiger partial charge on any atom is -0.478 e. The highest BCUT2D eigenvalue weighted by molar-refractivity contribution is 5.87. The van der Waals surface area contributed by atoms with Crippen LogP contribution in [0.25, 0.3) is 0 Å². The van der Waals surface area contributed by atoms with Crippen LogP contribution in [0.15, 0.2) is 30.9 Å². The fourth-order valence-electron chi connectivity index (χ4n) is 1.50. The van der Waals surface area contributed by atoms with Gasteiger partial charge >= 0.3 is 12.0 Å². The highest BCUT2D eigenvalue weighted by atomic mass is 16.4.